The molecule has 0 atom stereocenters. The highest BCUT2D eigenvalue weighted by molar-refractivity contribution is 9.10. The van der Waals surface area contributed by atoms with Crippen molar-refractivity contribution in [1.82, 2.24) is 0 Å². The number of amides is 1. The van der Waals surface area contributed by atoms with E-state index in [1.165, 1.54) is 16.7 Å². The number of carbonyl (C=O) groups is 1. The highest BCUT2D eigenvalue weighted by Gasteiger charge is 2.33. The van der Waals surface area contributed by atoms with E-state index in [4.69, 9.17) is 28.1 Å². The Bertz CT molecular complexity index is 964. The number of benzene rings is 2. The number of carbonyl (C=O) groups excluding carboxylic acids is 1. The van der Waals surface area contributed by atoms with E-state index >= 15 is 0 Å². The number of anilines is 1. The van der Waals surface area contributed by atoms with Crippen LogP contribution in [0.15, 0.2) is 51.8 Å². The minimum absolute atomic E-state index is 0.154. The Morgan fingerprint density at radius 2 is 2.00 bits per heavy atom. The van der Waals surface area contributed by atoms with Gasteiger partial charge in [-0.05, 0) is 48.0 Å². The minimum atomic E-state index is -0.154. The molecule has 4 nitrogen and oxygen atoms in total. The van der Waals surface area contributed by atoms with Gasteiger partial charge in [0.25, 0.3) is 5.91 Å². The normalized spacial score (nSPS) is 15.1. The molecule has 136 valence electrons. The van der Waals surface area contributed by atoms with E-state index in [1.54, 1.807) is 25.3 Å². The number of rotatable bonds is 5. The van der Waals surface area contributed by atoms with Crippen molar-refractivity contribution >= 4 is 61.9 Å². The molecule has 7 heteroatoms. The predicted molar refractivity (Wildman–Crippen MR) is 117 cm³/mol. The Morgan fingerprint density at radius 3 is 2.67 bits per heavy atom. The molecule has 3 rings (SSSR count). The van der Waals surface area contributed by atoms with Crippen molar-refractivity contribution in [2.24, 2.45) is 0 Å². The molecule has 1 fully saturated rings. The number of thiocarbonyl (C=S) groups is 1. The summed E-state index contributed by atoms with van der Waals surface area (Å²) in [7, 11) is 1.55. The fourth-order valence-electron chi connectivity index (χ4n) is 2.44. The van der Waals surface area contributed by atoms with E-state index in [1.807, 2.05) is 30.3 Å². The lowest BCUT2D eigenvalue weighted by Gasteiger charge is -2.14. The highest BCUT2D eigenvalue weighted by atomic mass is 79.9. The Morgan fingerprint density at radius 1 is 1.26 bits per heavy atom. The smallest absolute Gasteiger partial charge is 0.270 e. The van der Waals surface area contributed by atoms with Crippen LogP contribution in [0.25, 0.3) is 6.08 Å². The SMILES string of the molecule is C#CCOc1ccc(/C=C2\SC(=S)N(c3ccc(Br)cc3)C2=O)cc1OC. The molecule has 1 aliphatic heterocycles. The first-order valence-corrected chi connectivity index (χ1v) is 9.83. The molecular weight excluding hydrogens is 446 g/mol. The van der Waals surface area contributed by atoms with Crippen molar-refractivity contribution in [1.29, 1.82) is 0 Å². The Balaban J connectivity index is 1.87. The molecular formula is C20H14BrNO3S2. The molecule has 2 aromatic rings. The molecule has 0 saturated carbocycles. The van der Waals surface area contributed by atoms with Crippen molar-refractivity contribution in [3.8, 4) is 23.8 Å². The summed E-state index contributed by atoms with van der Waals surface area (Å²) < 4.78 is 12.2. The lowest BCUT2D eigenvalue weighted by molar-refractivity contribution is -0.113. The summed E-state index contributed by atoms with van der Waals surface area (Å²) in [4.78, 5) is 14.9. The Kier molecular flexibility index (Phi) is 6.22. The van der Waals surface area contributed by atoms with Gasteiger partial charge in [0.2, 0.25) is 0 Å². The van der Waals surface area contributed by atoms with E-state index in [-0.39, 0.29) is 12.5 Å². The zero-order chi connectivity index (χ0) is 19.4. The van der Waals surface area contributed by atoms with Crippen molar-refractivity contribution in [3.05, 3.63) is 57.4 Å². The maximum Gasteiger partial charge on any atom is 0.270 e. The standard InChI is InChI=1S/C20H14BrNO3S2/c1-3-10-25-16-9-4-13(11-17(16)24-2)12-18-19(23)22(20(26)27-18)15-7-5-14(21)6-8-15/h1,4-9,11-12H,10H2,2H3/b18-12-. The van der Waals surface area contributed by atoms with Gasteiger partial charge >= 0.3 is 0 Å². The molecule has 0 aromatic heterocycles. The lowest BCUT2D eigenvalue weighted by Crippen LogP contribution is -2.27. The lowest BCUT2D eigenvalue weighted by atomic mass is 10.2. The molecule has 1 amide bonds. The number of hydrogen-bond acceptors (Lipinski definition) is 5. The number of methoxy groups -OCH3 is 1. The molecule has 27 heavy (non-hydrogen) atoms. The van der Waals surface area contributed by atoms with Gasteiger partial charge in [0, 0.05) is 4.47 Å². The molecule has 1 aliphatic rings. The third kappa shape index (κ3) is 4.35. The number of halogens is 1. The molecule has 1 saturated heterocycles. The van der Waals surface area contributed by atoms with E-state index < -0.39 is 0 Å². The summed E-state index contributed by atoms with van der Waals surface area (Å²) in [5.41, 5.74) is 1.54. The van der Waals surface area contributed by atoms with Crippen molar-refractivity contribution in [2.45, 2.75) is 0 Å². The van der Waals surface area contributed by atoms with Gasteiger partial charge in [-0.2, -0.15) is 0 Å². The van der Waals surface area contributed by atoms with Crippen LogP contribution in [-0.2, 0) is 4.79 Å². The zero-order valence-corrected chi connectivity index (χ0v) is 17.5. The van der Waals surface area contributed by atoms with Crippen LogP contribution in [0.4, 0.5) is 5.69 Å². The van der Waals surface area contributed by atoms with Gasteiger partial charge in [-0.3, -0.25) is 9.69 Å². The summed E-state index contributed by atoms with van der Waals surface area (Å²) in [6, 6.07) is 12.8. The van der Waals surface area contributed by atoms with E-state index in [9.17, 15) is 4.79 Å². The van der Waals surface area contributed by atoms with E-state index in [0.717, 1.165) is 15.7 Å². The zero-order valence-electron chi connectivity index (χ0n) is 14.3. The van der Waals surface area contributed by atoms with Gasteiger partial charge < -0.3 is 9.47 Å². The number of ether oxygens (including phenoxy) is 2. The van der Waals surface area contributed by atoms with E-state index in [0.29, 0.717) is 20.7 Å². The van der Waals surface area contributed by atoms with Gasteiger partial charge in [0.05, 0.1) is 17.7 Å². The van der Waals surface area contributed by atoms with Crippen LogP contribution in [0.1, 0.15) is 5.56 Å². The molecule has 0 radical (unpaired) electrons. The number of thioether (sulfide) groups is 1. The van der Waals surface area contributed by atoms with Crippen LogP contribution in [0.2, 0.25) is 0 Å². The molecule has 0 bridgehead atoms. The van der Waals surface area contributed by atoms with Crippen LogP contribution in [0.3, 0.4) is 0 Å². The first-order valence-electron chi connectivity index (χ1n) is 7.81. The predicted octanol–water partition coefficient (Wildman–Crippen LogP) is 4.88. The molecule has 0 aliphatic carbocycles. The summed E-state index contributed by atoms with van der Waals surface area (Å²) in [5, 5.41) is 0. The van der Waals surface area contributed by atoms with Crippen LogP contribution in [0.5, 0.6) is 11.5 Å². The monoisotopic (exact) mass is 459 g/mol. The summed E-state index contributed by atoms with van der Waals surface area (Å²) in [6.07, 6.45) is 7.00. The second-order valence-corrected chi connectivity index (χ2v) is 7.99. The van der Waals surface area contributed by atoms with Gasteiger partial charge in [0.15, 0.2) is 15.8 Å². The minimum Gasteiger partial charge on any atom is -0.493 e. The van der Waals surface area contributed by atoms with Gasteiger partial charge in [-0.15, -0.1) is 6.42 Å². The maximum atomic E-state index is 12.8. The van der Waals surface area contributed by atoms with Gasteiger partial charge in [-0.1, -0.05) is 51.9 Å². The number of nitrogens with zero attached hydrogens (tertiary/aromatic N) is 1. The van der Waals surface area contributed by atoms with Gasteiger partial charge in [0.1, 0.15) is 6.61 Å². The number of hydrogen-bond donors (Lipinski definition) is 0. The first-order chi connectivity index (χ1) is 13.0. The van der Waals surface area contributed by atoms with Crippen LogP contribution >= 0.6 is 39.9 Å². The average Bonchev–Trinajstić information content (AvgIpc) is 2.94. The van der Waals surface area contributed by atoms with Crippen LogP contribution in [0, 0.1) is 12.3 Å². The van der Waals surface area contributed by atoms with Gasteiger partial charge in [-0.25, -0.2) is 0 Å². The third-order valence-corrected chi connectivity index (χ3v) is 5.51. The second kappa shape index (κ2) is 8.61. The van der Waals surface area contributed by atoms with Crippen molar-refractivity contribution < 1.29 is 14.3 Å². The molecule has 1 heterocycles. The molecule has 0 N–H and O–H groups in total. The average molecular weight is 460 g/mol. The summed E-state index contributed by atoms with van der Waals surface area (Å²) in [6.45, 7) is 0.154. The maximum absolute atomic E-state index is 12.8. The van der Waals surface area contributed by atoms with Crippen molar-refractivity contribution in [2.75, 3.05) is 18.6 Å². The second-order valence-electron chi connectivity index (χ2n) is 5.40. The fraction of sp³-hybridized carbons (Fsp3) is 0.100. The molecule has 2 aromatic carbocycles. The fourth-order valence-corrected chi connectivity index (χ4v) is 4.01. The first kappa shape index (κ1) is 19.5. The largest absolute Gasteiger partial charge is 0.493 e. The third-order valence-electron chi connectivity index (χ3n) is 3.67. The van der Waals surface area contributed by atoms with Crippen LogP contribution in [-0.4, -0.2) is 23.9 Å². The van der Waals surface area contributed by atoms with E-state index in [2.05, 4.69) is 21.9 Å². The number of terminal acetylenes is 1. The molecule has 0 unspecified atom stereocenters. The Hall–Kier alpha value is -2.27. The topological polar surface area (TPSA) is 38.8 Å². The summed E-state index contributed by atoms with van der Waals surface area (Å²) >= 11 is 10.1. The quantitative estimate of drug-likeness (QED) is 0.362. The molecule has 0 spiro atoms. The van der Waals surface area contributed by atoms with Crippen molar-refractivity contribution in [3.63, 3.8) is 0 Å². The van der Waals surface area contributed by atoms with Crippen LogP contribution < -0.4 is 14.4 Å². The highest BCUT2D eigenvalue weighted by Crippen LogP contribution is 2.37. The Labute approximate surface area is 175 Å². The summed E-state index contributed by atoms with van der Waals surface area (Å²) in [5.74, 6) is 3.36.